The molecule has 1 rings (SSSR count). The number of rotatable bonds is 8. The van der Waals surface area contributed by atoms with E-state index in [0.29, 0.717) is 30.8 Å². The molecule has 0 radical (unpaired) electrons. The molecule has 0 aromatic rings. The highest BCUT2D eigenvalue weighted by Gasteiger charge is 2.22. The van der Waals surface area contributed by atoms with Gasteiger partial charge in [-0.3, -0.25) is 0 Å². The lowest BCUT2D eigenvalue weighted by Gasteiger charge is -2.28. The van der Waals surface area contributed by atoms with Crippen molar-refractivity contribution in [2.45, 2.75) is 58.9 Å². The molecule has 0 heterocycles. The third-order valence-electron chi connectivity index (χ3n) is 4.00. The molecule has 5 heteroatoms. The average molecular weight is 290 g/mol. The first-order valence-electron chi connectivity index (χ1n) is 7.61. The molecule has 0 saturated heterocycles. The van der Waals surface area contributed by atoms with Crippen LogP contribution in [-0.2, 0) is 10.0 Å². The van der Waals surface area contributed by atoms with Crippen molar-refractivity contribution in [1.82, 2.24) is 10.0 Å². The summed E-state index contributed by atoms with van der Waals surface area (Å²) in [6.07, 6.45) is 5.62. The Balaban J connectivity index is 2.22. The Hall–Kier alpha value is -0.130. The second-order valence-corrected chi connectivity index (χ2v) is 8.08. The Morgan fingerprint density at radius 1 is 1.21 bits per heavy atom. The maximum Gasteiger partial charge on any atom is 0.211 e. The van der Waals surface area contributed by atoms with Crippen molar-refractivity contribution in [2.24, 2.45) is 11.8 Å². The zero-order valence-corrected chi connectivity index (χ0v) is 13.4. The molecule has 0 aromatic heterocycles. The molecule has 0 bridgehead atoms. The first kappa shape index (κ1) is 16.9. The number of sulfonamides is 1. The van der Waals surface area contributed by atoms with E-state index in [0.717, 1.165) is 6.54 Å². The van der Waals surface area contributed by atoms with Gasteiger partial charge in [-0.1, -0.05) is 40.0 Å². The molecular formula is C14H30N2O2S. The molecule has 2 atom stereocenters. The highest BCUT2D eigenvalue weighted by atomic mass is 32.2. The molecule has 0 spiro atoms. The van der Waals surface area contributed by atoms with Gasteiger partial charge in [-0.05, 0) is 31.2 Å². The number of hydrogen-bond acceptors (Lipinski definition) is 3. The molecule has 0 aromatic carbocycles. The van der Waals surface area contributed by atoms with Crippen molar-refractivity contribution in [2.75, 3.05) is 18.8 Å². The Morgan fingerprint density at radius 3 is 2.53 bits per heavy atom. The number of nitrogens with one attached hydrogen (secondary N) is 2. The lowest BCUT2D eigenvalue weighted by molar-refractivity contribution is 0.257. The molecular weight excluding hydrogens is 260 g/mol. The number of hydrogen-bond donors (Lipinski definition) is 2. The molecule has 4 nitrogen and oxygen atoms in total. The highest BCUT2D eigenvalue weighted by Crippen LogP contribution is 2.28. The largest absolute Gasteiger partial charge is 0.314 e. The standard InChI is InChI=1S/C14H30N2O2S/c1-12(2)15-9-6-10-19(17,18)16-11-14-8-5-4-7-13(14)3/h12-16H,4-11H2,1-3H3. The van der Waals surface area contributed by atoms with Crippen LogP contribution in [0.3, 0.4) is 0 Å². The molecule has 2 N–H and O–H groups in total. The van der Waals surface area contributed by atoms with Gasteiger partial charge in [0.15, 0.2) is 0 Å². The second-order valence-electron chi connectivity index (χ2n) is 6.15. The topological polar surface area (TPSA) is 58.2 Å². The van der Waals surface area contributed by atoms with Crippen molar-refractivity contribution < 1.29 is 8.42 Å². The molecule has 0 aliphatic heterocycles. The van der Waals surface area contributed by atoms with Crippen molar-refractivity contribution in [1.29, 1.82) is 0 Å². The van der Waals surface area contributed by atoms with Gasteiger partial charge in [-0.15, -0.1) is 0 Å². The molecule has 1 aliphatic carbocycles. The maximum absolute atomic E-state index is 11.9. The maximum atomic E-state index is 11.9. The van der Waals surface area contributed by atoms with Gasteiger partial charge in [-0.2, -0.15) is 0 Å². The summed E-state index contributed by atoms with van der Waals surface area (Å²) in [5.41, 5.74) is 0. The normalized spacial score (nSPS) is 24.8. The Morgan fingerprint density at radius 2 is 1.89 bits per heavy atom. The zero-order chi connectivity index (χ0) is 14.3. The molecule has 19 heavy (non-hydrogen) atoms. The van der Waals surface area contributed by atoms with Gasteiger partial charge >= 0.3 is 0 Å². The van der Waals surface area contributed by atoms with E-state index in [4.69, 9.17) is 0 Å². The predicted molar refractivity (Wildman–Crippen MR) is 80.7 cm³/mol. The van der Waals surface area contributed by atoms with E-state index in [1.54, 1.807) is 0 Å². The van der Waals surface area contributed by atoms with Crippen LogP contribution in [0.4, 0.5) is 0 Å². The molecule has 0 amide bonds. The van der Waals surface area contributed by atoms with Gasteiger partial charge in [0.2, 0.25) is 10.0 Å². The molecule has 1 aliphatic rings. The van der Waals surface area contributed by atoms with E-state index in [1.165, 1.54) is 25.7 Å². The van der Waals surface area contributed by atoms with Gasteiger partial charge in [0.1, 0.15) is 0 Å². The van der Waals surface area contributed by atoms with Crippen LogP contribution in [0.1, 0.15) is 52.9 Å². The van der Waals surface area contributed by atoms with Crippen molar-refractivity contribution in [3.63, 3.8) is 0 Å². The zero-order valence-electron chi connectivity index (χ0n) is 12.6. The minimum Gasteiger partial charge on any atom is -0.314 e. The first-order valence-corrected chi connectivity index (χ1v) is 9.26. The van der Waals surface area contributed by atoms with Crippen molar-refractivity contribution in [3.05, 3.63) is 0 Å². The highest BCUT2D eigenvalue weighted by molar-refractivity contribution is 7.89. The van der Waals surface area contributed by atoms with Gasteiger partial charge in [-0.25, -0.2) is 13.1 Å². The van der Waals surface area contributed by atoms with Crippen LogP contribution in [0.2, 0.25) is 0 Å². The lowest BCUT2D eigenvalue weighted by Crippen LogP contribution is -2.35. The smallest absolute Gasteiger partial charge is 0.211 e. The molecule has 1 fully saturated rings. The quantitative estimate of drug-likeness (QED) is 0.673. The van der Waals surface area contributed by atoms with Crippen molar-refractivity contribution in [3.8, 4) is 0 Å². The van der Waals surface area contributed by atoms with Gasteiger partial charge < -0.3 is 5.32 Å². The predicted octanol–water partition coefficient (Wildman–Crippen LogP) is 2.12. The fourth-order valence-electron chi connectivity index (χ4n) is 2.66. The Labute approximate surface area is 118 Å². The van der Waals surface area contributed by atoms with Crippen LogP contribution < -0.4 is 10.0 Å². The van der Waals surface area contributed by atoms with E-state index < -0.39 is 10.0 Å². The van der Waals surface area contributed by atoms with Crippen molar-refractivity contribution >= 4 is 10.0 Å². The minimum absolute atomic E-state index is 0.230. The monoisotopic (exact) mass is 290 g/mol. The van der Waals surface area contributed by atoms with E-state index >= 15 is 0 Å². The van der Waals surface area contributed by atoms with E-state index in [-0.39, 0.29) is 5.75 Å². The first-order chi connectivity index (χ1) is 8.91. The van der Waals surface area contributed by atoms with Gasteiger partial charge in [0.05, 0.1) is 5.75 Å². The summed E-state index contributed by atoms with van der Waals surface area (Å²) >= 11 is 0. The van der Waals surface area contributed by atoms with Gasteiger partial charge in [0, 0.05) is 12.6 Å². The van der Waals surface area contributed by atoms with Crippen LogP contribution in [0.5, 0.6) is 0 Å². The fourth-order valence-corrected chi connectivity index (χ4v) is 3.79. The average Bonchev–Trinajstić information content (AvgIpc) is 2.34. The summed E-state index contributed by atoms with van der Waals surface area (Å²) in [5.74, 6) is 1.41. The third kappa shape index (κ3) is 7.28. The van der Waals surface area contributed by atoms with Crippen LogP contribution in [0.25, 0.3) is 0 Å². The summed E-state index contributed by atoms with van der Waals surface area (Å²) in [7, 11) is -3.09. The lowest BCUT2D eigenvalue weighted by atomic mass is 9.81. The molecule has 114 valence electrons. The van der Waals surface area contributed by atoms with E-state index in [2.05, 4.69) is 30.8 Å². The minimum atomic E-state index is -3.09. The summed E-state index contributed by atoms with van der Waals surface area (Å²) in [6.45, 7) is 7.76. The van der Waals surface area contributed by atoms with Crippen LogP contribution in [0, 0.1) is 11.8 Å². The Bertz CT molecular complexity index is 341. The summed E-state index contributed by atoms with van der Waals surface area (Å²) in [6, 6.07) is 0.416. The van der Waals surface area contributed by atoms with Crippen LogP contribution in [-0.4, -0.2) is 33.3 Å². The summed E-state index contributed by atoms with van der Waals surface area (Å²) < 4.78 is 26.6. The van der Waals surface area contributed by atoms with Gasteiger partial charge in [0.25, 0.3) is 0 Å². The fraction of sp³-hybridized carbons (Fsp3) is 1.00. The summed E-state index contributed by atoms with van der Waals surface area (Å²) in [4.78, 5) is 0. The summed E-state index contributed by atoms with van der Waals surface area (Å²) in [5, 5.41) is 3.24. The van der Waals surface area contributed by atoms with E-state index in [1.807, 2.05) is 0 Å². The molecule has 1 saturated carbocycles. The van der Waals surface area contributed by atoms with Crippen LogP contribution in [0.15, 0.2) is 0 Å². The SMILES string of the molecule is CC(C)NCCCS(=O)(=O)NCC1CCCCC1C. The third-order valence-corrected chi connectivity index (χ3v) is 5.43. The molecule has 2 unspecified atom stereocenters. The van der Waals surface area contributed by atoms with Crippen LogP contribution >= 0.6 is 0 Å². The second kappa shape index (κ2) is 8.22. The Kier molecular flexibility index (Phi) is 7.32. The van der Waals surface area contributed by atoms with E-state index in [9.17, 15) is 8.42 Å².